The largest absolute Gasteiger partial charge is 0.260 e. The summed E-state index contributed by atoms with van der Waals surface area (Å²) >= 11 is 1.98. The molecule has 0 saturated heterocycles. The molecule has 0 aliphatic rings. The minimum atomic E-state index is 1.06. The van der Waals surface area contributed by atoms with Gasteiger partial charge in [0, 0.05) is 11.9 Å². The van der Waals surface area contributed by atoms with Crippen molar-refractivity contribution in [2.45, 2.75) is 31.9 Å². The van der Waals surface area contributed by atoms with Crippen LogP contribution >= 0.6 is 11.8 Å². The SMILES string of the molecule is CCCCCSCc1ccccn1. The van der Waals surface area contributed by atoms with Gasteiger partial charge in [0.05, 0.1) is 5.69 Å². The molecule has 2 heteroatoms. The molecule has 0 N–H and O–H groups in total. The summed E-state index contributed by atoms with van der Waals surface area (Å²) in [4.78, 5) is 4.28. The first-order chi connectivity index (χ1) is 6.43. The second-order valence-corrected chi connectivity index (χ2v) is 4.19. The molecule has 0 radical (unpaired) electrons. The second-order valence-electron chi connectivity index (χ2n) is 3.08. The van der Waals surface area contributed by atoms with Crippen LogP contribution in [0.2, 0.25) is 0 Å². The summed E-state index contributed by atoms with van der Waals surface area (Å²) in [6, 6.07) is 6.10. The Morgan fingerprint density at radius 1 is 1.31 bits per heavy atom. The zero-order valence-electron chi connectivity index (χ0n) is 8.20. The summed E-state index contributed by atoms with van der Waals surface area (Å²) in [5.41, 5.74) is 1.20. The topological polar surface area (TPSA) is 12.9 Å². The van der Waals surface area contributed by atoms with Gasteiger partial charge in [-0.3, -0.25) is 4.98 Å². The van der Waals surface area contributed by atoms with Gasteiger partial charge in [0.2, 0.25) is 0 Å². The molecule has 0 saturated carbocycles. The van der Waals surface area contributed by atoms with Gasteiger partial charge in [0.15, 0.2) is 0 Å². The van der Waals surface area contributed by atoms with Crippen LogP contribution < -0.4 is 0 Å². The predicted molar refractivity (Wildman–Crippen MR) is 59.9 cm³/mol. The molecular formula is C11H17NS. The lowest BCUT2D eigenvalue weighted by Gasteiger charge is -1.99. The van der Waals surface area contributed by atoms with Gasteiger partial charge < -0.3 is 0 Å². The van der Waals surface area contributed by atoms with Crippen LogP contribution in [-0.4, -0.2) is 10.7 Å². The summed E-state index contributed by atoms with van der Waals surface area (Å²) in [5.74, 6) is 2.33. The summed E-state index contributed by atoms with van der Waals surface area (Å²) < 4.78 is 0. The van der Waals surface area contributed by atoms with Crippen molar-refractivity contribution >= 4 is 11.8 Å². The molecular weight excluding hydrogens is 178 g/mol. The number of aromatic nitrogens is 1. The maximum Gasteiger partial charge on any atom is 0.0502 e. The molecule has 0 aromatic carbocycles. The number of hydrogen-bond donors (Lipinski definition) is 0. The van der Waals surface area contributed by atoms with E-state index in [2.05, 4.69) is 24.0 Å². The number of unbranched alkanes of at least 4 members (excludes halogenated alkanes) is 2. The van der Waals surface area contributed by atoms with E-state index in [0.29, 0.717) is 0 Å². The van der Waals surface area contributed by atoms with Gasteiger partial charge in [-0.05, 0) is 24.3 Å². The van der Waals surface area contributed by atoms with Crippen LogP contribution in [0.4, 0.5) is 0 Å². The molecule has 0 spiro atoms. The Morgan fingerprint density at radius 3 is 2.92 bits per heavy atom. The Morgan fingerprint density at radius 2 is 2.23 bits per heavy atom. The minimum Gasteiger partial charge on any atom is -0.260 e. The highest BCUT2D eigenvalue weighted by molar-refractivity contribution is 7.98. The maximum absolute atomic E-state index is 4.28. The van der Waals surface area contributed by atoms with Crippen LogP contribution in [0.15, 0.2) is 24.4 Å². The first kappa shape index (κ1) is 10.6. The van der Waals surface area contributed by atoms with Crippen molar-refractivity contribution in [1.29, 1.82) is 0 Å². The second kappa shape index (κ2) is 6.96. The summed E-state index contributed by atoms with van der Waals surface area (Å²) in [6.45, 7) is 2.24. The summed E-state index contributed by atoms with van der Waals surface area (Å²) in [6.07, 6.45) is 5.87. The Hall–Kier alpha value is -0.500. The van der Waals surface area contributed by atoms with Gasteiger partial charge in [-0.15, -0.1) is 0 Å². The van der Waals surface area contributed by atoms with Crippen molar-refractivity contribution in [3.8, 4) is 0 Å². The average molecular weight is 195 g/mol. The monoisotopic (exact) mass is 195 g/mol. The van der Waals surface area contributed by atoms with E-state index in [-0.39, 0.29) is 0 Å². The van der Waals surface area contributed by atoms with Crippen molar-refractivity contribution in [2.75, 3.05) is 5.75 Å². The number of rotatable bonds is 6. The Balaban J connectivity index is 2.07. The predicted octanol–water partition coefficient (Wildman–Crippen LogP) is 3.51. The quantitative estimate of drug-likeness (QED) is 0.644. The summed E-state index contributed by atoms with van der Waals surface area (Å²) in [5, 5.41) is 0. The highest BCUT2D eigenvalue weighted by Crippen LogP contribution is 2.11. The zero-order chi connectivity index (χ0) is 9.36. The van der Waals surface area contributed by atoms with Crippen molar-refractivity contribution in [3.63, 3.8) is 0 Å². The van der Waals surface area contributed by atoms with E-state index in [1.807, 2.05) is 24.0 Å². The van der Waals surface area contributed by atoms with Crippen molar-refractivity contribution < 1.29 is 0 Å². The van der Waals surface area contributed by atoms with Gasteiger partial charge in [-0.25, -0.2) is 0 Å². The van der Waals surface area contributed by atoms with Crippen molar-refractivity contribution in [3.05, 3.63) is 30.1 Å². The highest BCUT2D eigenvalue weighted by Gasteiger charge is 1.92. The molecule has 1 aromatic rings. The van der Waals surface area contributed by atoms with Crippen LogP contribution in [0, 0.1) is 0 Å². The fourth-order valence-electron chi connectivity index (χ4n) is 1.11. The van der Waals surface area contributed by atoms with Crippen molar-refractivity contribution in [2.24, 2.45) is 0 Å². The average Bonchev–Trinajstić information content (AvgIpc) is 2.19. The molecule has 0 fully saturated rings. The molecule has 1 nitrogen and oxygen atoms in total. The Kier molecular flexibility index (Phi) is 5.66. The molecule has 1 rings (SSSR count). The molecule has 72 valence electrons. The van der Waals surface area contributed by atoms with E-state index in [1.54, 1.807) is 0 Å². The molecule has 0 aliphatic heterocycles. The van der Waals surface area contributed by atoms with Crippen LogP contribution in [0.3, 0.4) is 0 Å². The lowest BCUT2D eigenvalue weighted by Crippen LogP contribution is -1.86. The van der Waals surface area contributed by atoms with Gasteiger partial charge in [-0.2, -0.15) is 11.8 Å². The first-order valence-electron chi connectivity index (χ1n) is 4.91. The maximum atomic E-state index is 4.28. The number of nitrogens with zero attached hydrogens (tertiary/aromatic N) is 1. The lowest BCUT2D eigenvalue weighted by atomic mass is 10.3. The standard InChI is InChI=1S/C11H17NS/c1-2-3-6-9-13-10-11-7-4-5-8-12-11/h4-5,7-8H,2-3,6,9-10H2,1H3. The fraction of sp³-hybridized carbons (Fsp3) is 0.545. The van der Waals surface area contributed by atoms with E-state index >= 15 is 0 Å². The van der Waals surface area contributed by atoms with Gasteiger partial charge in [0.1, 0.15) is 0 Å². The third-order valence-corrected chi connectivity index (χ3v) is 2.95. The third kappa shape index (κ3) is 4.94. The van der Waals surface area contributed by atoms with E-state index in [0.717, 1.165) is 5.75 Å². The normalized spacial score (nSPS) is 10.2. The Bertz CT molecular complexity index is 211. The fourth-order valence-corrected chi connectivity index (χ4v) is 2.05. The van der Waals surface area contributed by atoms with Gasteiger partial charge >= 0.3 is 0 Å². The van der Waals surface area contributed by atoms with Crippen LogP contribution in [0.5, 0.6) is 0 Å². The molecule has 13 heavy (non-hydrogen) atoms. The van der Waals surface area contributed by atoms with E-state index < -0.39 is 0 Å². The molecule has 0 unspecified atom stereocenters. The number of pyridine rings is 1. The van der Waals surface area contributed by atoms with Crippen LogP contribution in [-0.2, 0) is 5.75 Å². The third-order valence-electron chi connectivity index (χ3n) is 1.87. The molecule has 1 heterocycles. The minimum absolute atomic E-state index is 1.06. The molecule has 0 aliphatic carbocycles. The number of thioether (sulfide) groups is 1. The lowest BCUT2D eigenvalue weighted by molar-refractivity contribution is 0.778. The van der Waals surface area contributed by atoms with E-state index in [1.165, 1.54) is 30.7 Å². The first-order valence-corrected chi connectivity index (χ1v) is 6.06. The highest BCUT2D eigenvalue weighted by atomic mass is 32.2. The smallest absolute Gasteiger partial charge is 0.0502 e. The van der Waals surface area contributed by atoms with Gasteiger partial charge in [0.25, 0.3) is 0 Å². The molecule has 0 amide bonds. The van der Waals surface area contributed by atoms with Gasteiger partial charge in [-0.1, -0.05) is 25.8 Å². The van der Waals surface area contributed by atoms with Crippen LogP contribution in [0.1, 0.15) is 31.9 Å². The molecule has 1 aromatic heterocycles. The van der Waals surface area contributed by atoms with E-state index in [4.69, 9.17) is 0 Å². The number of hydrogen-bond acceptors (Lipinski definition) is 2. The van der Waals surface area contributed by atoms with Crippen LogP contribution in [0.25, 0.3) is 0 Å². The summed E-state index contributed by atoms with van der Waals surface area (Å²) in [7, 11) is 0. The van der Waals surface area contributed by atoms with E-state index in [9.17, 15) is 0 Å². The molecule has 0 atom stereocenters. The zero-order valence-corrected chi connectivity index (χ0v) is 9.02. The molecule has 0 bridgehead atoms. The Labute approximate surface area is 85.0 Å². The van der Waals surface area contributed by atoms with Crippen molar-refractivity contribution in [1.82, 2.24) is 4.98 Å².